The highest BCUT2D eigenvalue weighted by molar-refractivity contribution is 7.99. The zero-order chi connectivity index (χ0) is 15.4. The van der Waals surface area contributed by atoms with Crippen LogP contribution in [0.25, 0.3) is 11.4 Å². The molecule has 6 heteroatoms. The molecule has 3 rings (SSSR count). The molecule has 1 saturated heterocycles. The van der Waals surface area contributed by atoms with E-state index >= 15 is 0 Å². The van der Waals surface area contributed by atoms with E-state index < -0.39 is 0 Å². The van der Waals surface area contributed by atoms with E-state index in [1.165, 1.54) is 32.2 Å². The third-order valence-electron chi connectivity index (χ3n) is 4.36. The van der Waals surface area contributed by atoms with Gasteiger partial charge in [-0.2, -0.15) is 0 Å². The lowest BCUT2D eigenvalue weighted by Crippen LogP contribution is -2.36. The van der Waals surface area contributed by atoms with Gasteiger partial charge in [0.15, 0.2) is 11.0 Å². The van der Waals surface area contributed by atoms with Gasteiger partial charge < -0.3 is 9.47 Å². The molecular weight excluding hydrogens is 294 g/mol. The Morgan fingerprint density at radius 2 is 2.18 bits per heavy atom. The van der Waals surface area contributed by atoms with E-state index in [1.807, 2.05) is 25.4 Å². The zero-order valence-corrected chi connectivity index (χ0v) is 14.1. The Labute approximate surface area is 136 Å². The average molecular weight is 317 g/mol. The van der Waals surface area contributed by atoms with Gasteiger partial charge in [0.25, 0.3) is 0 Å². The molecule has 2 aromatic heterocycles. The van der Waals surface area contributed by atoms with Gasteiger partial charge in [-0.1, -0.05) is 18.2 Å². The lowest BCUT2D eigenvalue weighted by atomic mass is 10.0. The number of piperidine rings is 1. The number of hydrogen-bond acceptors (Lipinski definition) is 5. The van der Waals surface area contributed by atoms with E-state index in [4.69, 9.17) is 0 Å². The maximum absolute atomic E-state index is 4.33. The van der Waals surface area contributed by atoms with Crippen LogP contribution in [-0.4, -0.2) is 50.0 Å². The largest absolute Gasteiger partial charge is 0.305 e. The van der Waals surface area contributed by atoms with Crippen molar-refractivity contribution in [3.8, 4) is 11.4 Å². The van der Waals surface area contributed by atoms with Crippen molar-refractivity contribution in [3.63, 3.8) is 0 Å². The summed E-state index contributed by atoms with van der Waals surface area (Å²) in [5.74, 6) is 1.97. The summed E-state index contributed by atoms with van der Waals surface area (Å²) in [7, 11) is 4.27. The van der Waals surface area contributed by atoms with E-state index in [0.717, 1.165) is 28.3 Å². The van der Waals surface area contributed by atoms with Crippen LogP contribution < -0.4 is 0 Å². The Morgan fingerprint density at radius 3 is 2.95 bits per heavy atom. The van der Waals surface area contributed by atoms with Crippen LogP contribution in [0.1, 0.15) is 25.7 Å². The van der Waals surface area contributed by atoms with Gasteiger partial charge in [-0.25, -0.2) is 0 Å². The molecule has 1 unspecified atom stereocenters. The maximum atomic E-state index is 4.33. The third-order valence-corrected chi connectivity index (χ3v) is 5.41. The van der Waals surface area contributed by atoms with E-state index in [-0.39, 0.29) is 0 Å². The first kappa shape index (κ1) is 15.5. The SMILES string of the molecule is CN1CCCCC1CCSc1nnc(-c2cccnc2)n1C. The molecule has 1 aliphatic rings. The monoisotopic (exact) mass is 317 g/mol. The van der Waals surface area contributed by atoms with E-state index in [1.54, 1.807) is 18.0 Å². The summed E-state index contributed by atoms with van der Waals surface area (Å²) in [6, 6.07) is 4.67. The zero-order valence-electron chi connectivity index (χ0n) is 13.3. The Kier molecular flexibility index (Phi) is 5.10. The van der Waals surface area contributed by atoms with Crippen LogP contribution in [0.15, 0.2) is 29.7 Å². The summed E-state index contributed by atoms with van der Waals surface area (Å²) in [5, 5.41) is 9.62. The number of hydrogen-bond donors (Lipinski definition) is 0. The minimum Gasteiger partial charge on any atom is -0.305 e. The number of nitrogens with zero attached hydrogens (tertiary/aromatic N) is 5. The standard InChI is InChI=1S/C16H23N5S/c1-20-10-4-3-7-14(20)8-11-22-16-19-18-15(21(16)2)13-6-5-9-17-12-13/h5-6,9,12,14H,3-4,7-8,10-11H2,1-2H3. The van der Waals surface area contributed by atoms with E-state index in [2.05, 4.69) is 31.7 Å². The number of likely N-dealkylation sites (tertiary alicyclic amines) is 1. The molecule has 0 amide bonds. The summed E-state index contributed by atoms with van der Waals surface area (Å²) in [6.45, 7) is 1.24. The van der Waals surface area contributed by atoms with E-state index in [9.17, 15) is 0 Å². The summed E-state index contributed by atoms with van der Waals surface area (Å²) in [5.41, 5.74) is 1.01. The summed E-state index contributed by atoms with van der Waals surface area (Å²) in [4.78, 5) is 6.65. The Hall–Kier alpha value is -1.40. The van der Waals surface area contributed by atoms with Crippen molar-refractivity contribution < 1.29 is 0 Å². The van der Waals surface area contributed by atoms with Crippen molar-refractivity contribution in [1.29, 1.82) is 0 Å². The van der Waals surface area contributed by atoms with Crippen LogP contribution in [-0.2, 0) is 7.05 Å². The summed E-state index contributed by atoms with van der Waals surface area (Å²) >= 11 is 1.80. The minimum atomic E-state index is 0.729. The Balaban J connectivity index is 1.58. The molecule has 1 fully saturated rings. The van der Waals surface area contributed by atoms with Crippen LogP contribution in [0.2, 0.25) is 0 Å². The van der Waals surface area contributed by atoms with Crippen molar-refractivity contribution in [2.24, 2.45) is 7.05 Å². The van der Waals surface area contributed by atoms with Gasteiger partial charge in [-0.3, -0.25) is 4.98 Å². The van der Waals surface area contributed by atoms with Crippen molar-refractivity contribution in [1.82, 2.24) is 24.6 Å². The lowest BCUT2D eigenvalue weighted by Gasteiger charge is -2.32. The molecule has 0 saturated carbocycles. The number of aromatic nitrogens is 4. The molecule has 0 aromatic carbocycles. The van der Waals surface area contributed by atoms with Crippen molar-refractivity contribution in [3.05, 3.63) is 24.5 Å². The highest BCUT2D eigenvalue weighted by atomic mass is 32.2. The smallest absolute Gasteiger partial charge is 0.191 e. The summed E-state index contributed by atoms with van der Waals surface area (Å²) < 4.78 is 2.06. The van der Waals surface area contributed by atoms with Gasteiger partial charge >= 0.3 is 0 Å². The first-order valence-electron chi connectivity index (χ1n) is 7.88. The van der Waals surface area contributed by atoms with Crippen molar-refractivity contribution in [2.75, 3.05) is 19.3 Å². The topological polar surface area (TPSA) is 46.8 Å². The van der Waals surface area contributed by atoms with E-state index in [0.29, 0.717) is 0 Å². The molecule has 0 N–H and O–H groups in total. The first-order valence-corrected chi connectivity index (χ1v) is 8.87. The van der Waals surface area contributed by atoms with Crippen molar-refractivity contribution >= 4 is 11.8 Å². The van der Waals surface area contributed by atoms with Crippen LogP contribution >= 0.6 is 11.8 Å². The van der Waals surface area contributed by atoms with Gasteiger partial charge in [-0.05, 0) is 45.0 Å². The van der Waals surface area contributed by atoms with Gasteiger partial charge in [0.2, 0.25) is 0 Å². The molecule has 1 aliphatic heterocycles. The lowest BCUT2D eigenvalue weighted by molar-refractivity contribution is 0.182. The second-order valence-corrected chi connectivity index (χ2v) is 6.94. The normalized spacial score (nSPS) is 19.5. The Bertz CT molecular complexity index is 598. The van der Waals surface area contributed by atoms with Crippen LogP contribution in [0.5, 0.6) is 0 Å². The third kappa shape index (κ3) is 3.50. The molecular formula is C16H23N5S. The fraction of sp³-hybridized carbons (Fsp3) is 0.562. The second kappa shape index (κ2) is 7.24. The molecule has 118 valence electrons. The predicted molar refractivity (Wildman–Crippen MR) is 89.8 cm³/mol. The molecule has 22 heavy (non-hydrogen) atoms. The molecule has 0 radical (unpaired) electrons. The van der Waals surface area contributed by atoms with Gasteiger partial charge in [0.1, 0.15) is 0 Å². The maximum Gasteiger partial charge on any atom is 0.191 e. The predicted octanol–water partition coefficient (Wildman–Crippen LogP) is 2.84. The second-order valence-electron chi connectivity index (χ2n) is 5.87. The highest BCUT2D eigenvalue weighted by Gasteiger charge is 2.19. The molecule has 3 heterocycles. The Morgan fingerprint density at radius 1 is 1.27 bits per heavy atom. The fourth-order valence-corrected chi connectivity index (χ4v) is 3.93. The molecule has 0 bridgehead atoms. The van der Waals surface area contributed by atoms with Crippen LogP contribution in [0.4, 0.5) is 0 Å². The highest BCUT2D eigenvalue weighted by Crippen LogP contribution is 2.25. The van der Waals surface area contributed by atoms with Crippen molar-refractivity contribution in [2.45, 2.75) is 36.9 Å². The molecule has 0 spiro atoms. The number of pyridine rings is 1. The van der Waals surface area contributed by atoms with Gasteiger partial charge in [0, 0.05) is 36.8 Å². The average Bonchev–Trinajstić information content (AvgIpc) is 2.91. The van der Waals surface area contributed by atoms with Gasteiger partial charge in [-0.15, -0.1) is 10.2 Å². The van der Waals surface area contributed by atoms with Gasteiger partial charge in [0.05, 0.1) is 0 Å². The fourth-order valence-electron chi connectivity index (χ4n) is 2.98. The quantitative estimate of drug-likeness (QED) is 0.794. The number of thioether (sulfide) groups is 1. The number of rotatable bonds is 5. The molecule has 2 aromatic rings. The minimum absolute atomic E-state index is 0.729. The molecule has 0 aliphatic carbocycles. The first-order chi connectivity index (χ1) is 10.8. The summed E-state index contributed by atoms with van der Waals surface area (Å²) in [6.07, 6.45) is 8.87. The molecule has 5 nitrogen and oxygen atoms in total. The van der Waals surface area contributed by atoms with Crippen LogP contribution in [0, 0.1) is 0 Å². The molecule has 1 atom stereocenters. The van der Waals surface area contributed by atoms with Crippen LogP contribution in [0.3, 0.4) is 0 Å².